The maximum absolute atomic E-state index is 12.9. The summed E-state index contributed by atoms with van der Waals surface area (Å²) in [4.78, 5) is 30.7. The Morgan fingerprint density at radius 3 is 2.59 bits per heavy atom. The summed E-state index contributed by atoms with van der Waals surface area (Å²) >= 11 is 23.4. The summed E-state index contributed by atoms with van der Waals surface area (Å²) in [5.41, 5.74) is 2.61. The Hall–Kier alpha value is -2.49. The summed E-state index contributed by atoms with van der Waals surface area (Å²) in [7, 11) is 1.62. The number of hydrogen-bond donors (Lipinski definition) is 1. The number of amidine groups is 1. The number of carbonyl (C=O) groups is 2. The van der Waals surface area contributed by atoms with Crippen LogP contribution in [0.1, 0.15) is 27.0 Å². The molecular formula is C26H18BrCl3N2O4S. The second kappa shape index (κ2) is 11.5. The van der Waals surface area contributed by atoms with Crippen molar-refractivity contribution in [3.63, 3.8) is 0 Å². The molecule has 6 nitrogen and oxygen atoms in total. The van der Waals surface area contributed by atoms with Crippen LogP contribution in [0.2, 0.25) is 15.1 Å². The van der Waals surface area contributed by atoms with Gasteiger partial charge >= 0.3 is 5.97 Å². The van der Waals surface area contributed by atoms with Crippen molar-refractivity contribution in [2.45, 2.75) is 13.5 Å². The summed E-state index contributed by atoms with van der Waals surface area (Å²) in [6.07, 6.45) is 1.71. The van der Waals surface area contributed by atoms with E-state index in [0.29, 0.717) is 52.2 Å². The molecule has 0 spiro atoms. The van der Waals surface area contributed by atoms with Gasteiger partial charge in [0.2, 0.25) is 0 Å². The normalized spacial score (nSPS) is 15.6. The minimum absolute atomic E-state index is 0.162. The number of carboxylic acids is 1. The number of amides is 1. The molecule has 3 aromatic carbocycles. The van der Waals surface area contributed by atoms with E-state index in [0.717, 1.165) is 5.56 Å². The number of halogens is 4. The molecule has 3 aromatic rings. The predicted octanol–water partition coefficient (Wildman–Crippen LogP) is 8.23. The molecule has 1 amide bonds. The van der Waals surface area contributed by atoms with Crippen LogP contribution in [0, 0.1) is 6.92 Å². The summed E-state index contributed by atoms with van der Waals surface area (Å²) in [5.74, 6) is -0.830. The van der Waals surface area contributed by atoms with Crippen molar-refractivity contribution < 1.29 is 19.4 Å². The molecule has 4 rings (SSSR count). The first-order valence-corrected chi connectivity index (χ1v) is 13.4. The van der Waals surface area contributed by atoms with Gasteiger partial charge in [0.25, 0.3) is 5.91 Å². The molecular weight excluding hydrogens is 623 g/mol. The van der Waals surface area contributed by atoms with E-state index in [9.17, 15) is 14.7 Å². The quantitative estimate of drug-likeness (QED) is 0.275. The molecule has 190 valence electrons. The van der Waals surface area contributed by atoms with E-state index in [4.69, 9.17) is 39.5 Å². The number of aliphatic imine (C=N–C) groups is 1. The highest BCUT2D eigenvalue weighted by atomic mass is 79.9. The molecule has 0 radical (unpaired) electrons. The van der Waals surface area contributed by atoms with E-state index in [-0.39, 0.29) is 18.1 Å². The Labute approximate surface area is 241 Å². The van der Waals surface area contributed by atoms with Gasteiger partial charge in [-0.3, -0.25) is 9.69 Å². The lowest BCUT2D eigenvalue weighted by molar-refractivity contribution is -0.121. The monoisotopic (exact) mass is 638 g/mol. The number of hydrogen-bond acceptors (Lipinski definition) is 5. The van der Waals surface area contributed by atoms with Crippen molar-refractivity contribution >= 4 is 91.3 Å². The summed E-state index contributed by atoms with van der Waals surface area (Å²) in [5, 5.41) is 11.2. The number of thioether (sulfide) groups is 1. The van der Waals surface area contributed by atoms with Crippen molar-refractivity contribution in [1.82, 2.24) is 4.90 Å². The van der Waals surface area contributed by atoms with Crippen molar-refractivity contribution in [2.24, 2.45) is 4.99 Å². The fraction of sp³-hybridized carbons (Fsp3) is 0.115. The third-order valence-corrected chi connectivity index (χ3v) is 7.98. The minimum atomic E-state index is -1.03. The molecule has 0 atom stereocenters. The average Bonchev–Trinajstić information content (AvgIpc) is 3.08. The first-order valence-electron chi connectivity index (χ1n) is 10.7. The molecule has 1 aliphatic rings. The third kappa shape index (κ3) is 6.16. The van der Waals surface area contributed by atoms with Crippen LogP contribution >= 0.6 is 62.5 Å². The molecule has 11 heteroatoms. The standard InChI is InChI=1S/C26H18BrCl3N2O4S/c1-13-17(25(34)35)4-3-5-21(13)31-26-32(2)24(33)22(37-26)10-14-8-18(27)23(20(30)9-14)36-12-15-6-7-16(28)11-19(15)29/h3-11H,12H2,1-2H3,(H,34,35)/b22-10-,31-26?. The lowest BCUT2D eigenvalue weighted by Crippen LogP contribution is -2.23. The van der Waals surface area contributed by atoms with Gasteiger partial charge in [-0.1, -0.05) is 46.9 Å². The summed E-state index contributed by atoms with van der Waals surface area (Å²) in [6, 6.07) is 13.5. The molecule has 0 bridgehead atoms. The van der Waals surface area contributed by atoms with E-state index < -0.39 is 5.97 Å². The maximum Gasteiger partial charge on any atom is 0.336 e. The second-order valence-electron chi connectivity index (χ2n) is 7.96. The lowest BCUT2D eigenvalue weighted by Gasteiger charge is -2.12. The van der Waals surface area contributed by atoms with Crippen LogP contribution in [0.4, 0.5) is 5.69 Å². The number of rotatable bonds is 6. The third-order valence-electron chi connectivity index (χ3n) is 5.46. The molecule has 1 heterocycles. The largest absolute Gasteiger partial charge is 0.486 e. The average molecular weight is 641 g/mol. The van der Waals surface area contributed by atoms with Crippen molar-refractivity contribution in [2.75, 3.05) is 7.05 Å². The fourth-order valence-electron chi connectivity index (χ4n) is 3.47. The van der Waals surface area contributed by atoms with Crippen LogP contribution in [0.15, 0.2) is 62.9 Å². The summed E-state index contributed by atoms with van der Waals surface area (Å²) in [6.45, 7) is 1.88. The molecule has 0 saturated carbocycles. The van der Waals surface area contributed by atoms with E-state index >= 15 is 0 Å². The Morgan fingerprint density at radius 2 is 1.92 bits per heavy atom. The highest BCUT2D eigenvalue weighted by Crippen LogP contribution is 2.39. The molecule has 37 heavy (non-hydrogen) atoms. The Kier molecular flexibility index (Phi) is 8.56. The zero-order chi connectivity index (χ0) is 26.9. The SMILES string of the molecule is Cc1c(N=C2S/C(=C\c3cc(Cl)c(OCc4ccc(Cl)cc4Cl)c(Br)c3)C(=O)N2C)cccc1C(=O)O. The van der Waals surface area contributed by atoms with Crippen LogP contribution in [-0.2, 0) is 11.4 Å². The van der Waals surface area contributed by atoms with Gasteiger partial charge in [-0.2, -0.15) is 0 Å². The van der Waals surface area contributed by atoms with Crippen molar-refractivity contribution in [3.05, 3.63) is 95.2 Å². The van der Waals surface area contributed by atoms with Gasteiger partial charge < -0.3 is 9.84 Å². The topological polar surface area (TPSA) is 79.2 Å². The minimum Gasteiger partial charge on any atom is -0.486 e. The number of benzene rings is 3. The first-order chi connectivity index (χ1) is 17.5. The molecule has 0 aromatic heterocycles. The molecule has 1 N–H and O–H groups in total. The van der Waals surface area contributed by atoms with Gasteiger partial charge in [-0.15, -0.1) is 0 Å². The Morgan fingerprint density at radius 1 is 1.16 bits per heavy atom. The van der Waals surface area contributed by atoms with Crippen LogP contribution in [0.3, 0.4) is 0 Å². The van der Waals surface area contributed by atoms with E-state index in [1.54, 1.807) is 62.5 Å². The maximum atomic E-state index is 12.9. The zero-order valence-corrected chi connectivity index (χ0v) is 24.1. The first kappa shape index (κ1) is 27.5. The highest BCUT2D eigenvalue weighted by molar-refractivity contribution is 9.10. The molecule has 1 aliphatic heterocycles. The van der Waals surface area contributed by atoms with Gasteiger partial charge in [0, 0.05) is 22.7 Å². The van der Waals surface area contributed by atoms with Crippen LogP contribution in [0.25, 0.3) is 6.08 Å². The Balaban J connectivity index is 1.56. The lowest BCUT2D eigenvalue weighted by atomic mass is 10.1. The van der Waals surface area contributed by atoms with E-state index in [2.05, 4.69) is 20.9 Å². The molecule has 1 fully saturated rings. The molecule has 0 unspecified atom stereocenters. The van der Waals surface area contributed by atoms with Gasteiger partial charge in [0.15, 0.2) is 10.9 Å². The van der Waals surface area contributed by atoms with Crippen molar-refractivity contribution in [1.29, 1.82) is 0 Å². The summed E-state index contributed by atoms with van der Waals surface area (Å²) < 4.78 is 6.50. The fourth-order valence-corrected chi connectivity index (χ4v) is 5.90. The van der Waals surface area contributed by atoms with Crippen LogP contribution < -0.4 is 4.74 Å². The van der Waals surface area contributed by atoms with E-state index in [1.807, 2.05) is 0 Å². The number of carboxylic acid groups (broad SMARTS) is 1. The number of nitrogens with zero attached hydrogens (tertiary/aromatic N) is 2. The van der Waals surface area contributed by atoms with Gasteiger partial charge in [-0.25, -0.2) is 9.79 Å². The second-order valence-corrected chi connectivity index (χ2v) is 11.1. The van der Waals surface area contributed by atoms with Gasteiger partial charge in [0.05, 0.1) is 25.7 Å². The highest BCUT2D eigenvalue weighted by Gasteiger charge is 2.31. The predicted molar refractivity (Wildman–Crippen MR) is 154 cm³/mol. The zero-order valence-electron chi connectivity index (χ0n) is 19.4. The smallest absolute Gasteiger partial charge is 0.336 e. The number of aromatic carboxylic acids is 1. The van der Waals surface area contributed by atoms with Crippen LogP contribution in [0.5, 0.6) is 5.75 Å². The van der Waals surface area contributed by atoms with E-state index in [1.165, 1.54) is 22.7 Å². The molecule has 0 aliphatic carbocycles. The molecule has 1 saturated heterocycles. The number of likely N-dealkylation sites (N-methyl/N-ethyl adjacent to an activating group) is 1. The van der Waals surface area contributed by atoms with Gasteiger partial charge in [-0.05, 0) is 88.2 Å². The van der Waals surface area contributed by atoms with Gasteiger partial charge in [0.1, 0.15) is 6.61 Å². The number of ether oxygens (including phenoxy) is 1. The van der Waals surface area contributed by atoms with Crippen molar-refractivity contribution in [3.8, 4) is 5.75 Å². The Bertz CT molecular complexity index is 1470. The number of carbonyl (C=O) groups excluding carboxylic acids is 1. The van der Waals surface area contributed by atoms with Crippen LogP contribution in [-0.4, -0.2) is 34.1 Å².